The van der Waals surface area contributed by atoms with Gasteiger partial charge in [-0.25, -0.2) is 17.8 Å². The number of nitrogens with zero attached hydrogens (tertiary/aromatic N) is 1. The molecule has 0 radical (unpaired) electrons. The minimum atomic E-state index is -3.43. The number of hydrogen-bond acceptors (Lipinski definition) is 6. The molecule has 2 aromatic rings. The van der Waals surface area contributed by atoms with Gasteiger partial charge in [0.15, 0.2) is 9.84 Å². The van der Waals surface area contributed by atoms with Crippen molar-refractivity contribution in [2.24, 2.45) is 0 Å². The van der Waals surface area contributed by atoms with Crippen molar-refractivity contribution in [3.8, 4) is 11.6 Å². The molecule has 1 aliphatic rings. The van der Waals surface area contributed by atoms with Crippen LogP contribution in [0, 0.1) is 5.82 Å². The van der Waals surface area contributed by atoms with Crippen LogP contribution in [0.3, 0.4) is 0 Å². The van der Waals surface area contributed by atoms with Gasteiger partial charge in [0.2, 0.25) is 5.88 Å². The summed E-state index contributed by atoms with van der Waals surface area (Å²) in [6.07, 6.45) is 4.07. The average Bonchev–Trinajstić information content (AvgIpc) is 2.64. The molecule has 0 bridgehead atoms. The van der Waals surface area contributed by atoms with Gasteiger partial charge in [-0.2, -0.15) is 0 Å². The summed E-state index contributed by atoms with van der Waals surface area (Å²) < 4.78 is 42.7. The first-order valence-electron chi connectivity index (χ1n) is 8.85. The van der Waals surface area contributed by atoms with Crippen molar-refractivity contribution in [1.29, 1.82) is 0 Å². The quantitative estimate of drug-likeness (QED) is 0.787. The summed E-state index contributed by atoms with van der Waals surface area (Å²) in [6, 6.07) is 6.65. The number of carbonyl (C=O) groups excluding carboxylic acids is 1. The molecule has 3 rings (SSSR count). The fourth-order valence-corrected chi connectivity index (χ4v) is 3.69. The summed E-state index contributed by atoms with van der Waals surface area (Å²) in [5.74, 6) is -1.19. The molecule has 28 heavy (non-hydrogen) atoms. The highest BCUT2D eigenvalue weighted by molar-refractivity contribution is 7.90. The highest BCUT2D eigenvalue weighted by Crippen LogP contribution is 2.26. The van der Waals surface area contributed by atoms with E-state index in [0.717, 1.165) is 18.5 Å². The average molecular weight is 408 g/mol. The van der Waals surface area contributed by atoms with Gasteiger partial charge in [-0.15, -0.1) is 0 Å². The molecule has 0 unspecified atom stereocenters. The van der Waals surface area contributed by atoms with Crippen molar-refractivity contribution in [1.82, 2.24) is 10.3 Å². The Morgan fingerprint density at radius 3 is 2.64 bits per heavy atom. The number of aromatic nitrogens is 1. The van der Waals surface area contributed by atoms with E-state index in [4.69, 9.17) is 4.74 Å². The molecular formula is C19H21FN2O5S. The number of carbonyl (C=O) groups is 1. The van der Waals surface area contributed by atoms with Crippen molar-refractivity contribution in [3.63, 3.8) is 0 Å². The molecule has 1 amide bonds. The Balaban J connectivity index is 1.82. The number of pyridine rings is 1. The van der Waals surface area contributed by atoms with Gasteiger partial charge in [0, 0.05) is 12.3 Å². The van der Waals surface area contributed by atoms with Crippen LogP contribution in [0.15, 0.2) is 41.4 Å². The van der Waals surface area contributed by atoms with Crippen LogP contribution in [-0.2, 0) is 9.84 Å². The second-order valence-corrected chi connectivity index (χ2v) is 8.85. The number of rotatable bonds is 5. The Hall–Kier alpha value is -2.52. The van der Waals surface area contributed by atoms with Crippen LogP contribution in [0.2, 0.25) is 0 Å². The number of sulfone groups is 1. The second kappa shape index (κ2) is 8.24. The van der Waals surface area contributed by atoms with E-state index in [1.165, 1.54) is 24.3 Å². The Morgan fingerprint density at radius 2 is 1.96 bits per heavy atom. The number of aliphatic hydroxyl groups is 1. The third kappa shape index (κ3) is 5.05. The third-order valence-corrected chi connectivity index (χ3v) is 5.65. The maximum atomic E-state index is 13.7. The Morgan fingerprint density at radius 1 is 1.25 bits per heavy atom. The standard InChI is InChI=1S/C19H21FN2O5S/c1-28(25,26)16-4-2-3-15(10-16)27-19-17(9-12(20)11-21-19)18(24)22-13-5-7-14(23)8-6-13/h2-4,9-11,13-14,23H,5-8H2,1H3,(H,22,24). The molecule has 9 heteroatoms. The summed E-state index contributed by atoms with van der Waals surface area (Å²) in [6.45, 7) is 0. The molecule has 1 aromatic carbocycles. The van der Waals surface area contributed by atoms with E-state index >= 15 is 0 Å². The molecule has 0 spiro atoms. The van der Waals surface area contributed by atoms with Crippen molar-refractivity contribution < 1.29 is 27.4 Å². The molecule has 7 nitrogen and oxygen atoms in total. The van der Waals surface area contributed by atoms with E-state index in [1.807, 2.05) is 0 Å². The van der Waals surface area contributed by atoms with E-state index in [1.54, 1.807) is 0 Å². The highest BCUT2D eigenvalue weighted by atomic mass is 32.2. The largest absolute Gasteiger partial charge is 0.438 e. The summed E-state index contributed by atoms with van der Waals surface area (Å²) in [4.78, 5) is 16.5. The van der Waals surface area contributed by atoms with Gasteiger partial charge < -0.3 is 15.2 Å². The number of ether oxygens (including phenoxy) is 1. The van der Waals surface area contributed by atoms with E-state index in [2.05, 4.69) is 10.3 Å². The van der Waals surface area contributed by atoms with Crippen molar-refractivity contribution in [3.05, 3.63) is 47.9 Å². The van der Waals surface area contributed by atoms with Gasteiger partial charge >= 0.3 is 0 Å². The van der Waals surface area contributed by atoms with Crippen molar-refractivity contribution in [2.45, 2.75) is 42.7 Å². The Bertz CT molecular complexity index is 972. The van der Waals surface area contributed by atoms with E-state index < -0.39 is 21.6 Å². The molecule has 1 saturated carbocycles. The van der Waals surface area contributed by atoms with Gasteiger partial charge in [0.05, 0.1) is 17.2 Å². The lowest BCUT2D eigenvalue weighted by Crippen LogP contribution is -2.38. The molecular weight excluding hydrogens is 387 g/mol. The SMILES string of the molecule is CS(=O)(=O)c1cccc(Oc2ncc(F)cc2C(=O)NC2CCC(O)CC2)c1. The van der Waals surface area contributed by atoms with Gasteiger partial charge in [0.1, 0.15) is 17.1 Å². The monoisotopic (exact) mass is 408 g/mol. The molecule has 2 N–H and O–H groups in total. The smallest absolute Gasteiger partial charge is 0.257 e. The third-order valence-electron chi connectivity index (χ3n) is 4.54. The molecule has 0 atom stereocenters. The first-order valence-corrected chi connectivity index (χ1v) is 10.7. The fourth-order valence-electron chi connectivity index (χ4n) is 3.03. The molecule has 150 valence electrons. The van der Waals surface area contributed by atoms with Crippen LogP contribution in [0.5, 0.6) is 11.6 Å². The van der Waals surface area contributed by atoms with Gasteiger partial charge in [-0.1, -0.05) is 6.07 Å². The number of hydrogen-bond donors (Lipinski definition) is 2. The summed E-state index contributed by atoms with van der Waals surface area (Å²) in [5, 5.41) is 12.4. The lowest BCUT2D eigenvalue weighted by Gasteiger charge is -2.26. The van der Waals surface area contributed by atoms with Crippen LogP contribution in [-0.4, -0.2) is 42.8 Å². The number of halogens is 1. The first kappa shape index (κ1) is 20.2. The van der Waals surface area contributed by atoms with Crippen LogP contribution >= 0.6 is 0 Å². The number of amides is 1. The second-order valence-electron chi connectivity index (χ2n) is 6.83. The maximum Gasteiger partial charge on any atom is 0.257 e. The van der Waals surface area contributed by atoms with Crippen LogP contribution in [0.25, 0.3) is 0 Å². The van der Waals surface area contributed by atoms with E-state index in [-0.39, 0.29) is 34.2 Å². The van der Waals surface area contributed by atoms with Gasteiger partial charge in [0.25, 0.3) is 5.91 Å². The Kier molecular flexibility index (Phi) is 5.95. The predicted molar refractivity (Wildman–Crippen MR) is 99.5 cm³/mol. The zero-order valence-electron chi connectivity index (χ0n) is 15.3. The number of nitrogens with one attached hydrogen (secondary N) is 1. The lowest BCUT2D eigenvalue weighted by molar-refractivity contribution is 0.0864. The minimum Gasteiger partial charge on any atom is -0.438 e. The topological polar surface area (TPSA) is 106 Å². The Labute approximate surface area is 162 Å². The fraction of sp³-hybridized carbons (Fsp3) is 0.368. The summed E-state index contributed by atoms with van der Waals surface area (Å²) in [5.41, 5.74) is -0.0871. The normalized spacial score (nSPS) is 19.8. The first-order chi connectivity index (χ1) is 13.2. The van der Waals surface area contributed by atoms with Gasteiger partial charge in [-0.3, -0.25) is 4.79 Å². The summed E-state index contributed by atoms with van der Waals surface area (Å²) >= 11 is 0. The molecule has 1 aliphatic carbocycles. The summed E-state index contributed by atoms with van der Waals surface area (Å²) in [7, 11) is -3.43. The predicted octanol–water partition coefficient (Wildman–Crippen LogP) is 2.45. The lowest BCUT2D eigenvalue weighted by atomic mass is 9.93. The zero-order chi connectivity index (χ0) is 20.3. The van der Waals surface area contributed by atoms with Crippen LogP contribution in [0.1, 0.15) is 36.0 Å². The zero-order valence-corrected chi connectivity index (χ0v) is 16.1. The number of benzene rings is 1. The molecule has 0 aliphatic heterocycles. The number of aliphatic hydroxyl groups excluding tert-OH is 1. The van der Waals surface area contributed by atoms with Crippen LogP contribution in [0.4, 0.5) is 4.39 Å². The molecule has 1 heterocycles. The maximum absolute atomic E-state index is 13.7. The van der Waals surface area contributed by atoms with Gasteiger partial charge in [-0.05, 0) is 49.9 Å². The van der Waals surface area contributed by atoms with E-state index in [9.17, 15) is 22.7 Å². The molecule has 1 aromatic heterocycles. The van der Waals surface area contributed by atoms with Crippen LogP contribution < -0.4 is 10.1 Å². The van der Waals surface area contributed by atoms with Crippen molar-refractivity contribution in [2.75, 3.05) is 6.26 Å². The van der Waals surface area contributed by atoms with E-state index in [0.29, 0.717) is 25.7 Å². The molecule has 1 fully saturated rings. The van der Waals surface area contributed by atoms with Crippen molar-refractivity contribution >= 4 is 15.7 Å². The highest BCUT2D eigenvalue weighted by Gasteiger charge is 2.24. The molecule has 0 saturated heterocycles. The minimum absolute atomic E-state index is 0.0545.